The number of fused-ring (bicyclic) bond motifs is 1. The van der Waals surface area contributed by atoms with Crippen LogP contribution < -0.4 is 5.32 Å². The molecule has 0 aliphatic carbocycles. The highest BCUT2D eigenvalue weighted by atomic mass is 16.1. The highest BCUT2D eigenvalue weighted by molar-refractivity contribution is 6.01. The molecule has 1 amide bonds. The van der Waals surface area contributed by atoms with Gasteiger partial charge in [0.25, 0.3) is 5.91 Å². The molecule has 2 aromatic rings. The van der Waals surface area contributed by atoms with Gasteiger partial charge in [0.1, 0.15) is 17.3 Å². The number of hydrogen-bond acceptors (Lipinski definition) is 3. The van der Waals surface area contributed by atoms with E-state index in [0.717, 1.165) is 17.6 Å². The summed E-state index contributed by atoms with van der Waals surface area (Å²) in [6.07, 6.45) is 5.91. The Bertz CT molecular complexity index is 706. The Hall–Kier alpha value is -2.61. The summed E-state index contributed by atoms with van der Waals surface area (Å²) >= 11 is 0. The van der Waals surface area contributed by atoms with E-state index < -0.39 is 0 Å². The molecule has 0 atom stereocenters. The van der Waals surface area contributed by atoms with E-state index in [0.29, 0.717) is 12.2 Å². The summed E-state index contributed by atoms with van der Waals surface area (Å²) in [5.41, 5.74) is 2.67. The van der Waals surface area contributed by atoms with E-state index in [9.17, 15) is 4.79 Å². The van der Waals surface area contributed by atoms with Gasteiger partial charge in [-0.3, -0.25) is 4.79 Å². The number of pyridine rings is 1. The van der Waals surface area contributed by atoms with E-state index in [4.69, 9.17) is 5.26 Å². The topological polar surface area (TPSA) is 70.2 Å². The number of rotatable bonds is 4. The van der Waals surface area contributed by atoms with E-state index in [1.165, 1.54) is 0 Å². The quantitative estimate of drug-likeness (QED) is 0.681. The number of nitrogens with one attached hydrogen (secondary N) is 1. The van der Waals surface area contributed by atoms with Crippen LogP contribution in [0.3, 0.4) is 0 Å². The van der Waals surface area contributed by atoms with E-state index in [1.807, 2.05) is 42.6 Å². The Morgan fingerprint density at radius 1 is 1.60 bits per heavy atom. The first-order valence-electron chi connectivity index (χ1n) is 6.50. The van der Waals surface area contributed by atoms with Gasteiger partial charge in [-0.1, -0.05) is 13.0 Å². The fourth-order valence-electron chi connectivity index (χ4n) is 1.91. The fraction of sp³-hybridized carbons (Fsp3) is 0.267. The van der Waals surface area contributed by atoms with Gasteiger partial charge < -0.3 is 9.72 Å². The van der Waals surface area contributed by atoms with Crippen LogP contribution in [0.15, 0.2) is 30.1 Å². The van der Waals surface area contributed by atoms with Crippen LogP contribution in [0, 0.1) is 18.3 Å². The summed E-state index contributed by atoms with van der Waals surface area (Å²) in [5.74, 6) is -0.350. The SMILES string of the molecule is CCCNC(=O)C(C#N)=Cc1cnc2c(C)cccn12. The van der Waals surface area contributed by atoms with Crippen molar-refractivity contribution in [1.82, 2.24) is 14.7 Å². The van der Waals surface area contributed by atoms with E-state index >= 15 is 0 Å². The third kappa shape index (κ3) is 2.69. The Labute approximate surface area is 117 Å². The Morgan fingerprint density at radius 2 is 2.40 bits per heavy atom. The van der Waals surface area contributed by atoms with Gasteiger partial charge in [0.15, 0.2) is 0 Å². The zero-order chi connectivity index (χ0) is 14.5. The van der Waals surface area contributed by atoms with Crippen LogP contribution >= 0.6 is 0 Å². The largest absolute Gasteiger partial charge is 0.351 e. The molecule has 0 fully saturated rings. The van der Waals surface area contributed by atoms with Crippen molar-refractivity contribution in [2.24, 2.45) is 0 Å². The standard InChI is InChI=1S/C15H16N4O/c1-3-6-17-15(20)12(9-16)8-13-10-18-14-11(2)5-4-7-19(13)14/h4-5,7-8,10H,3,6H2,1-2H3,(H,17,20). The maximum Gasteiger partial charge on any atom is 0.262 e. The van der Waals surface area contributed by atoms with Crippen molar-refractivity contribution in [3.63, 3.8) is 0 Å². The van der Waals surface area contributed by atoms with E-state index in [-0.39, 0.29) is 11.5 Å². The monoisotopic (exact) mass is 268 g/mol. The van der Waals surface area contributed by atoms with Crippen LogP contribution in [0.2, 0.25) is 0 Å². The van der Waals surface area contributed by atoms with Gasteiger partial charge in [0.2, 0.25) is 0 Å². The molecule has 0 spiro atoms. The molecule has 0 saturated heterocycles. The van der Waals surface area contributed by atoms with E-state index in [1.54, 1.807) is 12.3 Å². The number of aromatic nitrogens is 2. The van der Waals surface area contributed by atoms with Crippen molar-refractivity contribution in [3.8, 4) is 6.07 Å². The normalized spacial score (nSPS) is 11.3. The summed E-state index contributed by atoms with van der Waals surface area (Å²) in [5, 5.41) is 11.8. The number of nitriles is 1. The summed E-state index contributed by atoms with van der Waals surface area (Å²) in [7, 11) is 0. The van der Waals surface area contributed by atoms with Crippen LogP contribution in [0.4, 0.5) is 0 Å². The number of carbonyl (C=O) groups is 1. The molecule has 0 aliphatic heterocycles. The number of carbonyl (C=O) groups excluding carboxylic acids is 1. The van der Waals surface area contributed by atoms with E-state index in [2.05, 4.69) is 10.3 Å². The average molecular weight is 268 g/mol. The molecule has 0 radical (unpaired) electrons. The lowest BCUT2D eigenvalue weighted by Gasteiger charge is -2.02. The molecule has 102 valence electrons. The molecule has 2 rings (SSSR count). The summed E-state index contributed by atoms with van der Waals surface area (Å²) in [4.78, 5) is 16.1. The van der Waals surface area contributed by atoms with Gasteiger partial charge >= 0.3 is 0 Å². The second kappa shape index (κ2) is 6.02. The van der Waals surface area contributed by atoms with Crippen molar-refractivity contribution in [2.75, 3.05) is 6.54 Å². The Morgan fingerprint density at radius 3 is 3.10 bits per heavy atom. The number of hydrogen-bond donors (Lipinski definition) is 1. The fourth-order valence-corrected chi connectivity index (χ4v) is 1.91. The van der Waals surface area contributed by atoms with Crippen LogP contribution in [-0.2, 0) is 4.79 Å². The molecule has 0 aliphatic rings. The molecule has 0 aromatic carbocycles. The molecule has 5 heteroatoms. The van der Waals surface area contributed by atoms with Gasteiger partial charge in [0.05, 0.1) is 11.9 Å². The van der Waals surface area contributed by atoms with Gasteiger partial charge in [0, 0.05) is 12.7 Å². The molecular weight excluding hydrogens is 252 g/mol. The second-order valence-electron chi connectivity index (χ2n) is 4.49. The molecule has 0 bridgehead atoms. The number of imidazole rings is 1. The minimum atomic E-state index is -0.350. The predicted molar refractivity (Wildman–Crippen MR) is 76.8 cm³/mol. The van der Waals surface area contributed by atoms with Crippen molar-refractivity contribution in [2.45, 2.75) is 20.3 Å². The smallest absolute Gasteiger partial charge is 0.262 e. The van der Waals surface area contributed by atoms with Gasteiger partial charge in [-0.05, 0) is 31.1 Å². The third-order valence-corrected chi connectivity index (χ3v) is 2.95. The second-order valence-corrected chi connectivity index (χ2v) is 4.49. The van der Waals surface area contributed by atoms with Crippen molar-refractivity contribution in [3.05, 3.63) is 41.4 Å². The van der Waals surface area contributed by atoms with Gasteiger partial charge in [-0.15, -0.1) is 0 Å². The first kappa shape index (κ1) is 13.8. The lowest BCUT2D eigenvalue weighted by Crippen LogP contribution is -2.25. The molecule has 5 nitrogen and oxygen atoms in total. The van der Waals surface area contributed by atoms with Crippen molar-refractivity contribution >= 4 is 17.6 Å². The molecule has 2 heterocycles. The lowest BCUT2D eigenvalue weighted by molar-refractivity contribution is -0.117. The van der Waals surface area contributed by atoms with Crippen molar-refractivity contribution in [1.29, 1.82) is 5.26 Å². The summed E-state index contributed by atoms with van der Waals surface area (Å²) in [6.45, 7) is 4.49. The third-order valence-electron chi connectivity index (χ3n) is 2.95. The summed E-state index contributed by atoms with van der Waals surface area (Å²) < 4.78 is 1.86. The maximum atomic E-state index is 11.8. The zero-order valence-electron chi connectivity index (χ0n) is 11.6. The van der Waals surface area contributed by atoms with Crippen molar-refractivity contribution < 1.29 is 4.79 Å². The number of nitrogens with zero attached hydrogens (tertiary/aromatic N) is 3. The highest BCUT2D eigenvalue weighted by Gasteiger charge is 2.10. The lowest BCUT2D eigenvalue weighted by atomic mass is 10.2. The molecule has 2 aromatic heterocycles. The predicted octanol–water partition coefficient (Wildman–Crippen LogP) is 2.08. The van der Waals surface area contributed by atoms with Gasteiger partial charge in [-0.2, -0.15) is 5.26 Å². The van der Waals surface area contributed by atoms with Crippen LogP contribution in [0.25, 0.3) is 11.7 Å². The molecule has 1 N–H and O–H groups in total. The highest BCUT2D eigenvalue weighted by Crippen LogP contribution is 2.13. The Balaban J connectivity index is 2.38. The van der Waals surface area contributed by atoms with Gasteiger partial charge in [-0.25, -0.2) is 4.98 Å². The molecule has 0 saturated carbocycles. The van der Waals surface area contributed by atoms with Crippen LogP contribution in [0.5, 0.6) is 0 Å². The van der Waals surface area contributed by atoms with Crippen LogP contribution in [0.1, 0.15) is 24.6 Å². The average Bonchev–Trinajstić information content (AvgIpc) is 2.86. The first-order chi connectivity index (χ1) is 9.67. The number of amides is 1. The zero-order valence-corrected chi connectivity index (χ0v) is 11.6. The minimum absolute atomic E-state index is 0.0850. The van der Waals surface area contributed by atoms with Crippen LogP contribution in [-0.4, -0.2) is 21.8 Å². The number of aryl methyl sites for hydroxylation is 1. The first-order valence-corrected chi connectivity index (χ1v) is 6.50. The molecule has 20 heavy (non-hydrogen) atoms. The minimum Gasteiger partial charge on any atom is -0.351 e. The maximum absolute atomic E-state index is 11.8. The molecular formula is C15H16N4O. The Kier molecular flexibility index (Phi) is 4.16. The summed E-state index contributed by atoms with van der Waals surface area (Å²) in [6, 6.07) is 5.81. The molecule has 0 unspecified atom stereocenters.